The molecule has 39 heavy (non-hydrogen) atoms. The van der Waals surface area contributed by atoms with E-state index in [0.29, 0.717) is 12.1 Å². The van der Waals surface area contributed by atoms with Crippen molar-refractivity contribution in [2.45, 2.75) is 24.7 Å². The zero-order chi connectivity index (χ0) is 28.7. The molecular weight excluding hydrogens is 544 g/mol. The second-order valence-electron chi connectivity index (χ2n) is 8.42. The van der Waals surface area contributed by atoms with E-state index in [1.807, 2.05) is 0 Å². The van der Waals surface area contributed by atoms with Crippen molar-refractivity contribution >= 4 is 17.5 Å². The molecule has 1 heterocycles. The van der Waals surface area contributed by atoms with E-state index in [-0.39, 0.29) is 35.6 Å². The molecular formula is C25H16F8N2O4. The summed E-state index contributed by atoms with van der Waals surface area (Å²) in [5.74, 6) is -7.01. The van der Waals surface area contributed by atoms with Crippen LogP contribution in [0.15, 0.2) is 48.5 Å². The zero-order valence-corrected chi connectivity index (χ0v) is 19.3. The Kier molecular flexibility index (Phi) is 7.25. The topological polar surface area (TPSA) is 87.7 Å². The van der Waals surface area contributed by atoms with Gasteiger partial charge >= 0.3 is 12.4 Å². The number of halogens is 8. The third-order valence-electron chi connectivity index (χ3n) is 6.03. The first-order valence-corrected chi connectivity index (χ1v) is 11.0. The number of fused-ring (bicyclic) bond motifs is 1. The fourth-order valence-electron chi connectivity index (χ4n) is 4.25. The second kappa shape index (κ2) is 10.2. The molecule has 3 N–H and O–H groups in total. The summed E-state index contributed by atoms with van der Waals surface area (Å²) in [5.41, 5.74) is -3.93. The van der Waals surface area contributed by atoms with E-state index >= 15 is 4.39 Å². The van der Waals surface area contributed by atoms with Crippen LogP contribution in [0.2, 0.25) is 0 Å². The Bertz CT molecular complexity index is 1450. The van der Waals surface area contributed by atoms with Gasteiger partial charge in [-0.05, 0) is 48.4 Å². The van der Waals surface area contributed by atoms with E-state index in [9.17, 15) is 40.3 Å². The van der Waals surface area contributed by atoms with E-state index in [0.717, 1.165) is 36.4 Å². The number of alkyl halides is 6. The number of hydroxylamine groups is 1. The van der Waals surface area contributed by atoms with Gasteiger partial charge in [0, 0.05) is 17.2 Å². The number of carbonyl (C=O) groups excluding carboxylic acids is 2. The first-order chi connectivity index (χ1) is 18.2. The lowest BCUT2D eigenvalue weighted by Gasteiger charge is -2.29. The summed E-state index contributed by atoms with van der Waals surface area (Å²) in [6.45, 7) is -0.180. The van der Waals surface area contributed by atoms with Crippen LogP contribution in [0.25, 0.3) is 0 Å². The minimum atomic E-state index is -5.20. The minimum absolute atomic E-state index is 0.0131. The number of ether oxygens (including phenoxy) is 1. The maximum Gasteiger partial charge on any atom is 0.419 e. The predicted molar refractivity (Wildman–Crippen MR) is 118 cm³/mol. The molecule has 1 aliphatic rings. The molecule has 206 valence electrons. The molecule has 0 radical (unpaired) electrons. The molecule has 0 saturated carbocycles. The van der Waals surface area contributed by atoms with Crippen LogP contribution >= 0.6 is 0 Å². The first kappa shape index (κ1) is 27.8. The molecule has 1 atom stereocenters. The molecule has 1 unspecified atom stereocenters. The lowest BCUT2D eigenvalue weighted by Crippen LogP contribution is -2.24. The molecule has 0 spiro atoms. The Morgan fingerprint density at radius 1 is 0.872 bits per heavy atom. The number of benzene rings is 3. The van der Waals surface area contributed by atoms with Gasteiger partial charge in [-0.25, -0.2) is 14.3 Å². The summed E-state index contributed by atoms with van der Waals surface area (Å²) in [4.78, 5) is 24.8. The molecule has 0 saturated heterocycles. The summed E-state index contributed by atoms with van der Waals surface area (Å²) >= 11 is 0. The number of hydrogen-bond acceptors (Lipinski definition) is 4. The van der Waals surface area contributed by atoms with Gasteiger partial charge in [0.1, 0.15) is 17.4 Å². The third-order valence-corrected chi connectivity index (χ3v) is 6.03. The van der Waals surface area contributed by atoms with E-state index in [1.165, 1.54) is 5.48 Å². The molecule has 6 nitrogen and oxygen atoms in total. The summed E-state index contributed by atoms with van der Waals surface area (Å²) in [6, 6.07) is 6.16. The van der Waals surface area contributed by atoms with Gasteiger partial charge in [0.15, 0.2) is 0 Å². The highest BCUT2D eigenvalue weighted by molar-refractivity contribution is 6.06. The van der Waals surface area contributed by atoms with Crippen LogP contribution in [0.1, 0.15) is 55.3 Å². The first-order valence-electron chi connectivity index (χ1n) is 11.0. The summed E-state index contributed by atoms with van der Waals surface area (Å²) < 4.78 is 115. The monoisotopic (exact) mass is 560 g/mol. The van der Waals surface area contributed by atoms with Gasteiger partial charge in [-0.3, -0.25) is 14.8 Å². The van der Waals surface area contributed by atoms with Gasteiger partial charge < -0.3 is 10.1 Å². The lowest BCUT2D eigenvalue weighted by molar-refractivity contribution is -0.140. The van der Waals surface area contributed by atoms with Crippen LogP contribution < -0.4 is 15.5 Å². The van der Waals surface area contributed by atoms with E-state index in [2.05, 4.69) is 5.32 Å². The van der Waals surface area contributed by atoms with E-state index in [1.54, 1.807) is 0 Å². The maximum atomic E-state index is 15.3. The van der Waals surface area contributed by atoms with Crippen molar-refractivity contribution in [1.29, 1.82) is 0 Å². The van der Waals surface area contributed by atoms with Gasteiger partial charge in [0.2, 0.25) is 0 Å². The molecule has 3 aromatic carbocycles. The Labute approximate surface area is 214 Å². The van der Waals surface area contributed by atoms with Crippen molar-refractivity contribution in [3.05, 3.63) is 93.5 Å². The van der Waals surface area contributed by atoms with Crippen molar-refractivity contribution < 1.29 is 54.7 Å². The Balaban J connectivity index is 1.83. The van der Waals surface area contributed by atoms with Crippen LogP contribution in [0.5, 0.6) is 5.75 Å². The number of hydrogen-bond donors (Lipinski definition) is 3. The average Bonchev–Trinajstić information content (AvgIpc) is 2.87. The van der Waals surface area contributed by atoms with Crippen LogP contribution in [-0.2, 0) is 12.4 Å². The lowest BCUT2D eigenvalue weighted by atomic mass is 9.82. The molecule has 2 amide bonds. The smallest absolute Gasteiger partial charge is 0.419 e. The summed E-state index contributed by atoms with van der Waals surface area (Å²) in [6.07, 6.45) is -9.92. The van der Waals surface area contributed by atoms with Crippen molar-refractivity contribution in [3.8, 4) is 5.75 Å². The highest BCUT2D eigenvalue weighted by atomic mass is 19.4. The van der Waals surface area contributed by atoms with Gasteiger partial charge in [-0.2, -0.15) is 26.3 Å². The summed E-state index contributed by atoms with van der Waals surface area (Å²) in [7, 11) is 0. The highest BCUT2D eigenvalue weighted by Gasteiger charge is 2.39. The van der Waals surface area contributed by atoms with E-state index in [4.69, 9.17) is 9.94 Å². The van der Waals surface area contributed by atoms with Crippen LogP contribution in [0.3, 0.4) is 0 Å². The van der Waals surface area contributed by atoms with Crippen molar-refractivity contribution in [1.82, 2.24) is 5.48 Å². The second-order valence-corrected chi connectivity index (χ2v) is 8.42. The molecule has 0 aromatic heterocycles. The molecule has 14 heteroatoms. The number of amides is 2. The minimum Gasteiger partial charge on any atom is -0.493 e. The van der Waals surface area contributed by atoms with Crippen LogP contribution in [0.4, 0.5) is 40.8 Å². The highest BCUT2D eigenvalue weighted by Crippen LogP contribution is 2.44. The van der Waals surface area contributed by atoms with Gasteiger partial charge in [0.05, 0.1) is 28.9 Å². The molecule has 0 fully saturated rings. The molecule has 1 aliphatic heterocycles. The van der Waals surface area contributed by atoms with Gasteiger partial charge in [-0.1, -0.05) is 12.1 Å². The number of rotatable bonds is 4. The van der Waals surface area contributed by atoms with Gasteiger partial charge in [-0.15, -0.1) is 0 Å². The number of nitrogens with one attached hydrogen (secondary N) is 2. The normalized spacial score (nSPS) is 15.3. The molecule has 0 bridgehead atoms. The molecule has 4 rings (SSSR count). The van der Waals surface area contributed by atoms with Crippen molar-refractivity contribution in [2.24, 2.45) is 0 Å². The Morgan fingerprint density at radius 3 is 2.21 bits per heavy atom. The third kappa shape index (κ3) is 5.50. The largest absolute Gasteiger partial charge is 0.493 e. The van der Waals surface area contributed by atoms with Crippen LogP contribution in [-0.4, -0.2) is 23.6 Å². The van der Waals surface area contributed by atoms with Crippen molar-refractivity contribution in [3.63, 3.8) is 0 Å². The van der Waals surface area contributed by atoms with Crippen molar-refractivity contribution in [2.75, 3.05) is 11.9 Å². The standard InChI is InChI=1S/C25H16F8N2O4/c26-18-6-2-12(10-16(18)22(36)35-38)34-23(37)20-15(4-5-17(21(20)27)25(31,32)33)13-7-8-39-19-9-11(24(28,29)30)1-3-14(13)19/h1-6,9-10,13,38H,7-8H2,(H,34,37)(H,35,36). The van der Waals surface area contributed by atoms with E-state index < -0.39 is 64.0 Å². The fraction of sp³-hybridized carbons (Fsp3) is 0.200. The Morgan fingerprint density at radius 2 is 1.56 bits per heavy atom. The molecule has 0 aliphatic carbocycles. The maximum absolute atomic E-state index is 15.3. The summed E-state index contributed by atoms with van der Waals surface area (Å²) in [5, 5.41) is 10.8. The SMILES string of the molecule is O=C(NO)c1cc(NC(=O)c2c(C3CCOc4cc(C(F)(F)F)ccc43)ccc(C(F)(F)F)c2F)ccc1F. The van der Waals surface area contributed by atoms with Crippen LogP contribution in [0, 0.1) is 11.6 Å². The zero-order valence-electron chi connectivity index (χ0n) is 19.3. The quantitative estimate of drug-likeness (QED) is 0.199. The molecule has 3 aromatic rings. The number of carbonyl (C=O) groups is 2. The number of anilines is 1. The average molecular weight is 560 g/mol. The Hall–Kier alpha value is -4.20. The predicted octanol–water partition coefficient (Wildman–Crippen LogP) is 6.29. The fourth-order valence-corrected chi connectivity index (χ4v) is 4.25. The van der Waals surface area contributed by atoms with Gasteiger partial charge in [0.25, 0.3) is 11.8 Å².